The predicted molar refractivity (Wildman–Crippen MR) is 66.9 cm³/mol. The highest BCUT2D eigenvalue weighted by Gasteiger charge is 2.15. The van der Waals surface area contributed by atoms with Crippen molar-refractivity contribution in [1.29, 1.82) is 0 Å². The van der Waals surface area contributed by atoms with Crippen LogP contribution in [0.4, 0.5) is 0 Å². The van der Waals surface area contributed by atoms with E-state index in [-0.39, 0.29) is 0 Å². The summed E-state index contributed by atoms with van der Waals surface area (Å²) in [5, 5.41) is 0. The summed E-state index contributed by atoms with van der Waals surface area (Å²) < 4.78 is 0. The van der Waals surface area contributed by atoms with E-state index in [2.05, 4.69) is 12.1 Å². The van der Waals surface area contributed by atoms with E-state index in [9.17, 15) is 4.79 Å². The van der Waals surface area contributed by atoms with Crippen molar-refractivity contribution >= 4 is 6.29 Å². The second-order valence-corrected chi connectivity index (χ2v) is 4.79. The van der Waals surface area contributed by atoms with E-state index < -0.39 is 0 Å². The molecule has 1 nitrogen and oxygen atoms in total. The molecule has 1 aromatic carbocycles. The molecular weight excluding hydrogens is 196 g/mol. The second kappa shape index (κ2) is 5.83. The van der Waals surface area contributed by atoms with E-state index in [1.165, 1.54) is 50.5 Å². The zero-order valence-electron chi connectivity index (χ0n) is 9.82. The van der Waals surface area contributed by atoms with Crippen molar-refractivity contribution in [1.82, 2.24) is 0 Å². The highest BCUT2D eigenvalue weighted by molar-refractivity contribution is 5.77. The van der Waals surface area contributed by atoms with E-state index in [0.717, 1.165) is 11.8 Å². The van der Waals surface area contributed by atoms with Crippen molar-refractivity contribution in [3.63, 3.8) is 0 Å². The fraction of sp³-hybridized carbons (Fsp3) is 0.533. The number of carbonyl (C=O) groups is 1. The SMILES string of the molecule is O=Cc1ccccc1C1CCCCCCC1. The molecule has 0 spiro atoms. The largest absolute Gasteiger partial charge is 0.298 e. The van der Waals surface area contributed by atoms with Gasteiger partial charge in [-0.2, -0.15) is 0 Å². The molecule has 2 rings (SSSR count). The van der Waals surface area contributed by atoms with E-state index in [1.54, 1.807) is 0 Å². The van der Waals surface area contributed by atoms with Crippen LogP contribution in [0.1, 0.15) is 66.8 Å². The van der Waals surface area contributed by atoms with Crippen LogP contribution < -0.4 is 0 Å². The normalized spacial score (nSPS) is 18.8. The molecule has 0 atom stereocenters. The lowest BCUT2D eigenvalue weighted by atomic mass is 9.84. The predicted octanol–water partition coefficient (Wildman–Crippen LogP) is 4.33. The van der Waals surface area contributed by atoms with Gasteiger partial charge in [-0.15, -0.1) is 0 Å². The number of carbonyl (C=O) groups excluding carboxylic acids is 1. The minimum absolute atomic E-state index is 0.613. The van der Waals surface area contributed by atoms with Crippen LogP contribution in [-0.4, -0.2) is 6.29 Å². The summed E-state index contributed by atoms with van der Waals surface area (Å²) in [6, 6.07) is 8.09. The van der Waals surface area contributed by atoms with Gasteiger partial charge in [-0.25, -0.2) is 0 Å². The average molecular weight is 216 g/mol. The molecule has 0 radical (unpaired) electrons. The summed E-state index contributed by atoms with van der Waals surface area (Å²) in [4.78, 5) is 11.0. The van der Waals surface area contributed by atoms with Crippen LogP contribution in [0, 0.1) is 0 Å². The molecule has 16 heavy (non-hydrogen) atoms. The Bertz CT molecular complexity index is 335. The maximum atomic E-state index is 11.0. The Kier molecular flexibility index (Phi) is 4.15. The smallest absolute Gasteiger partial charge is 0.150 e. The summed E-state index contributed by atoms with van der Waals surface area (Å²) >= 11 is 0. The van der Waals surface area contributed by atoms with E-state index in [4.69, 9.17) is 0 Å². The first kappa shape index (κ1) is 11.4. The zero-order chi connectivity index (χ0) is 11.2. The molecule has 0 bridgehead atoms. The standard InChI is InChI=1S/C15H20O/c16-12-14-10-6-7-11-15(14)13-8-4-2-1-3-5-9-13/h6-7,10-13H,1-5,8-9H2. The minimum Gasteiger partial charge on any atom is -0.298 e. The molecule has 1 aromatic rings. The van der Waals surface area contributed by atoms with E-state index in [1.807, 2.05) is 12.1 Å². The van der Waals surface area contributed by atoms with Gasteiger partial charge in [-0.1, -0.05) is 56.4 Å². The van der Waals surface area contributed by atoms with Crippen molar-refractivity contribution < 1.29 is 4.79 Å². The van der Waals surface area contributed by atoms with E-state index in [0.29, 0.717) is 5.92 Å². The van der Waals surface area contributed by atoms with Gasteiger partial charge in [-0.05, 0) is 24.3 Å². The summed E-state index contributed by atoms with van der Waals surface area (Å²) in [5.41, 5.74) is 2.17. The molecule has 86 valence electrons. The van der Waals surface area contributed by atoms with Gasteiger partial charge in [0.1, 0.15) is 6.29 Å². The highest BCUT2D eigenvalue weighted by Crippen LogP contribution is 2.32. The van der Waals surface area contributed by atoms with Crippen LogP contribution in [0.2, 0.25) is 0 Å². The maximum Gasteiger partial charge on any atom is 0.150 e. The monoisotopic (exact) mass is 216 g/mol. The second-order valence-electron chi connectivity index (χ2n) is 4.79. The first-order valence-electron chi connectivity index (χ1n) is 6.46. The van der Waals surface area contributed by atoms with Crippen LogP contribution >= 0.6 is 0 Å². The third-order valence-electron chi connectivity index (χ3n) is 3.67. The molecule has 0 amide bonds. The minimum atomic E-state index is 0.613. The molecule has 0 aromatic heterocycles. The Hall–Kier alpha value is -1.11. The molecule has 1 aliphatic carbocycles. The van der Waals surface area contributed by atoms with Gasteiger partial charge in [0, 0.05) is 5.56 Å². The van der Waals surface area contributed by atoms with Crippen LogP contribution in [-0.2, 0) is 0 Å². The molecule has 0 aliphatic heterocycles. The Balaban J connectivity index is 2.16. The summed E-state index contributed by atoms with van der Waals surface area (Å²) in [5.74, 6) is 0.613. The van der Waals surface area contributed by atoms with Crippen molar-refractivity contribution in [3.05, 3.63) is 35.4 Å². The van der Waals surface area contributed by atoms with Crippen LogP contribution in [0.3, 0.4) is 0 Å². The van der Waals surface area contributed by atoms with Gasteiger partial charge in [0.2, 0.25) is 0 Å². The van der Waals surface area contributed by atoms with E-state index >= 15 is 0 Å². The number of hydrogen-bond donors (Lipinski definition) is 0. The molecule has 1 aliphatic rings. The summed E-state index contributed by atoms with van der Waals surface area (Å²) in [7, 11) is 0. The first-order valence-corrected chi connectivity index (χ1v) is 6.46. The van der Waals surface area contributed by atoms with Crippen molar-refractivity contribution in [2.24, 2.45) is 0 Å². The number of benzene rings is 1. The lowest BCUT2D eigenvalue weighted by Gasteiger charge is -2.21. The van der Waals surface area contributed by atoms with Crippen LogP contribution in [0.15, 0.2) is 24.3 Å². The van der Waals surface area contributed by atoms with Crippen LogP contribution in [0.25, 0.3) is 0 Å². The first-order chi connectivity index (χ1) is 7.92. The zero-order valence-corrected chi connectivity index (χ0v) is 9.82. The van der Waals surface area contributed by atoms with Crippen molar-refractivity contribution in [2.75, 3.05) is 0 Å². The topological polar surface area (TPSA) is 17.1 Å². The van der Waals surface area contributed by atoms with Gasteiger partial charge >= 0.3 is 0 Å². The Morgan fingerprint density at radius 3 is 2.25 bits per heavy atom. The Morgan fingerprint density at radius 2 is 1.56 bits per heavy atom. The van der Waals surface area contributed by atoms with Gasteiger partial charge in [0.25, 0.3) is 0 Å². The average Bonchev–Trinajstić information content (AvgIpc) is 2.29. The number of rotatable bonds is 2. The van der Waals surface area contributed by atoms with Gasteiger partial charge in [0.05, 0.1) is 0 Å². The lowest BCUT2D eigenvalue weighted by molar-refractivity contribution is 0.112. The Labute approximate surface area is 97.9 Å². The highest BCUT2D eigenvalue weighted by atomic mass is 16.1. The lowest BCUT2D eigenvalue weighted by Crippen LogP contribution is -2.05. The molecule has 1 fully saturated rings. The van der Waals surface area contributed by atoms with Crippen LogP contribution in [0.5, 0.6) is 0 Å². The number of aldehydes is 1. The Morgan fingerprint density at radius 1 is 0.938 bits per heavy atom. The van der Waals surface area contributed by atoms with Gasteiger partial charge < -0.3 is 0 Å². The van der Waals surface area contributed by atoms with Crippen molar-refractivity contribution in [3.8, 4) is 0 Å². The van der Waals surface area contributed by atoms with Gasteiger partial charge in [-0.3, -0.25) is 4.79 Å². The van der Waals surface area contributed by atoms with Crippen molar-refractivity contribution in [2.45, 2.75) is 50.9 Å². The fourth-order valence-corrected chi connectivity index (χ4v) is 2.76. The fourth-order valence-electron chi connectivity index (χ4n) is 2.76. The molecule has 0 N–H and O–H groups in total. The molecule has 0 unspecified atom stereocenters. The van der Waals surface area contributed by atoms with Gasteiger partial charge in [0.15, 0.2) is 0 Å². The molecular formula is C15H20O. The molecule has 1 saturated carbocycles. The summed E-state index contributed by atoms with van der Waals surface area (Å²) in [6.45, 7) is 0. The summed E-state index contributed by atoms with van der Waals surface area (Å²) in [6.07, 6.45) is 10.3. The third kappa shape index (κ3) is 2.72. The molecule has 0 saturated heterocycles. The third-order valence-corrected chi connectivity index (χ3v) is 3.67. The molecule has 1 heteroatoms. The maximum absolute atomic E-state index is 11.0. The quantitative estimate of drug-likeness (QED) is 0.672. The molecule has 0 heterocycles. The number of hydrogen-bond acceptors (Lipinski definition) is 1.